The topological polar surface area (TPSA) is 99.7 Å². The molecular weight excluding hydrogens is 2030 g/mol. The van der Waals surface area contributed by atoms with Crippen molar-refractivity contribution in [3.8, 4) is 29.3 Å². The van der Waals surface area contributed by atoms with Gasteiger partial charge in [0.1, 0.15) is 0 Å². The van der Waals surface area contributed by atoms with E-state index in [9.17, 15) is 0 Å². The molecule has 5 aliphatic rings. The number of thiophene rings is 8. The van der Waals surface area contributed by atoms with Crippen molar-refractivity contribution in [2.45, 2.75) is 402 Å². The van der Waals surface area contributed by atoms with E-state index in [1.807, 2.05) is 21.1 Å². The molecule has 0 N–H and O–H groups in total. The van der Waals surface area contributed by atoms with E-state index in [2.05, 4.69) is 248 Å². The zero-order valence-corrected chi connectivity index (χ0v) is 96.0. The molecule has 22 heteroatoms. The lowest BCUT2D eigenvalue weighted by Crippen LogP contribution is -2.41. The number of rotatable bonds is 64. The van der Waals surface area contributed by atoms with Gasteiger partial charge in [0.15, 0.2) is 0 Å². The number of fused-ring (bicyclic) bond motifs is 2. The first kappa shape index (κ1) is 112. The summed E-state index contributed by atoms with van der Waals surface area (Å²) in [4.78, 5) is 81.0. The van der Waals surface area contributed by atoms with Crippen LogP contribution >= 0.6 is 138 Å². The molecule has 0 saturated carbocycles. The van der Waals surface area contributed by atoms with Crippen molar-refractivity contribution >= 4 is 197 Å². The van der Waals surface area contributed by atoms with Crippen LogP contribution in [0.5, 0.6) is 0 Å². The summed E-state index contributed by atoms with van der Waals surface area (Å²) in [6.07, 6.45) is 59.4. The third kappa shape index (κ3) is 32.2. The van der Waals surface area contributed by atoms with Crippen molar-refractivity contribution < 1.29 is 28.5 Å². The molecule has 4 unspecified atom stereocenters. The maximum atomic E-state index is 15.5. The maximum Gasteiger partial charge on any atom is 0.505 e. The van der Waals surface area contributed by atoms with Crippen molar-refractivity contribution in [2.75, 3.05) is 26.2 Å². The fourth-order valence-electron chi connectivity index (χ4n) is 20.1. The van der Waals surface area contributed by atoms with Gasteiger partial charge >= 0.3 is 7.12 Å². The molecule has 4 amide bonds. The molecule has 136 heavy (non-hydrogen) atoms. The maximum absolute atomic E-state index is 15.5. The first-order valence-corrected chi connectivity index (χ1v) is 62.4. The number of nitrogens with zero attached hydrogens (tertiary/aromatic N) is 4. The summed E-state index contributed by atoms with van der Waals surface area (Å²) in [7, 11) is -0.247. The van der Waals surface area contributed by atoms with Crippen LogP contribution in [0.15, 0.2) is 141 Å². The zero-order chi connectivity index (χ0) is 96.8. The SMILES string of the molecule is CC1(C)OB(c2ccc(-c3cccs3)s2)OC1(C)C.CCCCCCCCC(CCCCCC)CN1C(=O)C2=C(c3ccc(-c4ccc(-c5cccs5)s4)s3)N(CC(CCCCCC)CCCCCCCC)C(=O)C2=C1c1ccc(Br)s1.CCCCCCCCC(CCCCCC)CN1C(=O)C2=C(c3ccc(Br)s3)N(CC(CCCCCC)CCCCCCCC)C(=O)C2=C1c1ccc(Br)s1. The van der Waals surface area contributed by atoms with Gasteiger partial charge in [0.05, 0.1) is 87.2 Å². The van der Waals surface area contributed by atoms with Crippen LogP contribution < -0.4 is 4.78 Å². The van der Waals surface area contributed by atoms with Gasteiger partial charge in [-0.25, -0.2) is 0 Å². The van der Waals surface area contributed by atoms with Crippen LogP contribution in [0.4, 0.5) is 0 Å². The number of unbranched alkanes of at least 4 members (excludes halogenated alkanes) is 32. The van der Waals surface area contributed by atoms with E-state index >= 15 is 19.2 Å². The monoisotopic (exact) mass is 2190 g/mol. The largest absolute Gasteiger partial charge is 0.505 e. The smallest absolute Gasteiger partial charge is 0.399 e. The molecule has 4 atom stereocenters. The molecule has 10 nitrogen and oxygen atoms in total. The number of carbonyl (C=O) groups is 4. The highest BCUT2D eigenvalue weighted by Gasteiger charge is 2.54. The lowest BCUT2D eigenvalue weighted by molar-refractivity contribution is -0.124. The van der Waals surface area contributed by atoms with Crippen LogP contribution in [0.3, 0.4) is 0 Å². The second-order valence-corrected chi connectivity index (χ2v) is 52.6. The van der Waals surface area contributed by atoms with E-state index in [-0.39, 0.29) is 41.9 Å². The Hall–Kier alpha value is -4.14. The predicted molar refractivity (Wildman–Crippen MR) is 606 cm³/mol. The molecule has 0 aromatic carbocycles. The Morgan fingerprint density at radius 2 is 0.478 bits per heavy atom. The van der Waals surface area contributed by atoms with Gasteiger partial charge in [-0.2, -0.15) is 0 Å². The Kier molecular flexibility index (Phi) is 49.0. The Labute approximate surface area is 879 Å². The summed E-state index contributed by atoms with van der Waals surface area (Å²) in [5, 5.41) is 4.24. The van der Waals surface area contributed by atoms with E-state index in [1.54, 1.807) is 79.4 Å². The molecule has 13 rings (SSSR count). The van der Waals surface area contributed by atoms with Gasteiger partial charge in [-0.3, -0.25) is 19.2 Å². The molecule has 1 saturated heterocycles. The average molecular weight is 2190 g/mol. The minimum absolute atomic E-state index is 0.0248. The molecule has 8 aromatic heterocycles. The highest BCUT2D eigenvalue weighted by molar-refractivity contribution is 9.11. The molecule has 0 spiro atoms. The Bertz CT molecular complexity index is 4910. The van der Waals surface area contributed by atoms with Crippen molar-refractivity contribution in [3.63, 3.8) is 0 Å². The molecule has 1 fully saturated rings. The Morgan fingerprint density at radius 1 is 0.265 bits per heavy atom. The van der Waals surface area contributed by atoms with Gasteiger partial charge in [0, 0.05) is 60.2 Å². The summed E-state index contributed by atoms with van der Waals surface area (Å²) < 4.78 is 16.4. The van der Waals surface area contributed by atoms with Crippen LogP contribution in [0, 0.1) is 23.7 Å². The van der Waals surface area contributed by atoms with Gasteiger partial charge in [-0.05, 0) is 240 Å². The number of amides is 4. The summed E-state index contributed by atoms with van der Waals surface area (Å²) >= 11 is 25.0. The fourth-order valence-corrected chi connectivity index (χ4v) is 29.2. The van der Waals surface area contributed by atoms with E-state index in [0.717, 1.165) is 110 Å². The zero-order valence-electron chi connectivity index (χ0n) is 84.7. The number of hydrogen-bond acceptors (Lipinski definition) is 14. The van der Waals surface area contributed by atoms with Crippen molar-refractivity contribution in [3.05, 3.63) is 161 Å². The van der Waals surface area contributed by atoms with E-state index < -0.39 is 0 Å². The average Bonchev–Trinajstić information content (AvgIpc) is 1.56. The molecule has 8 aromatic rings. The van der Waals surface area contributed by atoms with Crippen LogP contribution in [0.2, 0.25) is 0 Å². The Balaban J connectivity index is 0.000000220. The fraction of sp³-hybridized carbons (Fsp3) is 0.614. The first-order chi connectivity index (χ1) is 66.1. The van der Waals surface area contributed by atoms with Gasteiger partial charge in [-0.1, -0.05) is 330 Å². The molecule has 13 heterocycles. The first-order valence-electron chi connectivity index (χ1n) is 53.4. The minimum Gasteiger partial charge on any atom is -0.399 e. The summed E-state index contributed by atoms with van der Waals surface area (Å²) in [6, 6.07) is 34.2. The van der Waals surface area contributed by atoms with Crippen molar-refractivity contribution in [1.29, 1.82) is 0 Å². The van der Waals surface area contributed by atoms with Crippen molar-refractivity contribution in [1.82, 2.24) is 19.6 Å². The predicted octanol–water partition coefficient (Wildman–Crippen LogP) is 38.1. The molecule has 746 valence electrons. The molecule has 5 aliphatic heterocycles. The second kappa shape index (κ2) is 59.3. The molecule has 0 aliphatic carbocycles. The third-order valence-electron chi connectivity index (χ3n) is 28.6. The lowest BCUT2D eigenvalue weighted by Gasteiger charge is -2.32. The summed E-state index contributed by atoms with van der Waals surface area (Å²) in [5.74, 6) is 1.74. The summed E-state index contributed by atoms with van der Waals surface area (Å²) in [5.41, 5.74) is 5.43. The highest BCUT2D eigenvalue weighted by atomic mass is 79.9. The van der Waals surface area contributed by atoms with Gasteiger partial charge in [-0.15, -0.1) is 90.7 Å². The van der Waals surface area contributed by atoms with Crippen molar-refractivity contribution in [2.24, 2.45) is 23.7 Å². The minimum atomic E-state index is -0.273. The Morgan fingerprint density at radius 3 is 0.728 bits per heavy atom. The number of carbonyl (C=O) groups excluding carboxylic acids is 4. The van der Waals surface area contributed by atoms with Gasteiger partial charge in [0.25, 0.3) is 23.6 Å². The highest BCUT2D eigenvalue weighted by Crippen LogP contribution is 2.54. The van der Waals surface area contributed by atoms with E-state index in [4.69, 9.17) is 9.31 Å². The lowest BCUT2D eigenvalue weighted by atomic mass is 9.88. The van der Waals surface area contributed by atoms with Crippen LogP contribution in [0.25, 0.3) is 52.1 Å². The van der Waals surface area contributed by atoms with Crippen LogP contribution in [-0.2, 0) is 28.5 Å². The molecule has 0 bridgehead atoms. The quantitative estimate of drug-likeness (QED) is 0.0278. The van der Waals surface area contributed by atoms with E-state index in [0.29, 0.717) is 72.1 Å². The number of halogens is 3. The van der Waals surface area contributed by atoms with Gasteiger partial charge < -0.3 is 28.9 Å². The second-order valence-electron chi connectivity index (χ2n) is 40.0. The number of hydrogen-bond donors (Lipinski definition) is 0. The molecular formula is C114H162BBr3N4O6S8. The summed E-state index contributed by atoms with van der Waals surface area (Å²) in [6.45, 7) is 29.3. The third-order valence-corrected chi connectivity index (χ3v) is 39.1. The van der Waals surface area contributed by atoms with Crippen LogP contribution in [0.1, 0.15) is 411 Å². The normalized spacial score (nSPS) is 16.2. The molecule has 0 radical (unpaired) electrons. The van der Waals surface area contributed by atoms with Crippen LogP contribution in [-0.4, -0.2) is 87.7 Å². The van der Waals surface area contributed by atoms with Gasteiger partial charge in [0.2, 0.25) is 0 Å². The van der Waals surface area contributed by atoms with E-state index in [1.165, 1.54) is 286 Å². The standard InChI is InChI=1S/C54H75BrN2O2S4.C46H70Br2N2O2S2.C14H17BO2S2/c1-5-9-13-17-19-23-28-40(26-21-15-11-7-3)38-56-51(46-34-33-45(62-46)44-32-31-43(61-44)42-30-25-37-60-42)49-50(54(56)59)52(47-35-36-48(55)63-47)57(53(49)58)39-41(27-22-16-12-8-4)29-24-20-18-14-10-6-2;1-5-9-13-17-19-23-27-35(25-21-15-11-7-3)33-49-43(37-29-31-39(47)53-37)41-42(45(49)51)44(38-30-32-40(48)54-38)50(46(41)52)34-36(26-22-16-12-8-4)28-24-20-18-14-10-6-2;1-13(2)14(3,4)17-15(16-13)12-8-7-11(19-12)10-6-5-9-18-10/h25,30-37,40-41H,5-24,26-29,38-39H2,1-4H3;29-32,35-36H,5-28,33-34H2,1-4H3;5-9H,1-4H3.